The number of rotatable bonds is 5. The summed E-state index contributed by atoms with van der Waals surface area (Å²) in [5.74, 6) is 0.657. The second kappa shape index (κ2) is 11.9. The number of nitrogens with one attached hydrogen (secondary N) is 2. The average Bonchev–Trinajstić information content (AvgIpc) is 2.75. The first-order valence-electron chi connectivity index (χ1n) is 9.43. The molecule has 1 aliphatic heterocycles. The van der Waals surface area contributed by atoms with Crippen molar-refractivity contribution in [3.05, 3.63) is 65.2 Å². The van der Waals surface area contributed by atoms with Gasteiger partial charge in [0, 0.05) is 50.5 Å². The maximum atomic E-state index is 12.5. The number of carbonyl (C=O) groups is 1. The van der Waals surface area contributed by atoms with Crippen LogP contribution in [0, 0.1) is 0 Å². The molecule has 1 fully saturated rings. The molecule has 8 heteroatoms. The summed E-state index contributed by atoms with van der Waals surface area (Å²) >= 11 is 6.17. The van der Waals surface area contributed by atoms with E-state index in [1.165, 1.54) is 5.69 Å². The van der Waals surface area contributed by atoms with Crippen LogP contribution in [0.1, 0.15) is 5.56 Å². The van der Waals surface area contributed by atoms with Gasteiger partial charge in [0.2, 0.25) is 5.91 Å². The fourth-order valence-corrected chi connectivity index (χ4v) is 3.37. The molecule has 2 aromatic carbocycles. The summed E-state index contributed by atoms with van der Waals surface area (Å²) in [5, 5.41) is 6.99. The summed E-state index contributed by atoms with van der Waals surface area (Å²) in [6.45, 7) is 3.89. The number of halogens is 2. The Hall–Kier alpha value is -2.00. The summed E-state index contributed by atoms with van der Waals surface area (Å²) < 4.78 is 0. The highest BCUT2D eigenvalue weighted by Crippen LogP contribution is 2.16. The molecule has 0 radical (unpaired) electrons. The molecule has 1 heterocycles. The number of guanidine groups is 1. The minimum atomic E-state index is 0. The van der Waals surface area contributed by atoms with E-state index in [0.717, 1.165) is 31.7 Å². The molecule has 6 nitrogen and oxygen atoms in total. The summed E-state index contributed by atoms with van der Waals surface area (Å²) in [5.41, 5.74) is 2.19. The van der Waals surface area contributed by atoms with Crippen molar-refractivity contribution in [2.75, 3.05) is 44.7 Å². The minimum Gasteiger partial charge on any atom is -0.368 e. The lowest BCUT2D eigenvalue weighted by atomic mass is 10.2. The molecular weight excluding hydrogens is 501 g/mol. The lowest BCUT2D eigenvalue weighted by Gasteiger charge is -2.36. The second-order valence-electron chi connectivity index (χ2n) is 6.57. The average molecular weight is 528 g/mol. The zero-order valence-electron chi connectivity index (χ0n) is 16.5. The van der Waals surface area contributed by atoms with Gasteiger partial charge in [-0.15, -0.1) is 24.0 Å². The van der Waals surface area contributed by atoms with Crippen molar-refractivity contribution in [3.8, 4) is 0 Å². The number of benzene rings is 2. The molecule has 1 amide bonds. The van der Waals surface area contributed by atoms with E-state index in [-0.39, 0.29) is 36.4 Å². The number of anilines is 1. The molecule has 0 atom stereocenters. The maximum Gasteiger partial charge on any atom is 0.242 e. The van der Waals surface area contributed by atoms with Crippen LogP contribution < -0.4 is 15.5 Å². The van der Waals surface area contributed by atoms with Crippen LogP contribution >= 0.6 is 35.6 Å². The van der Waals surface area contributed by atoms with Gasteiger partial charge in [0.1, 0.15) is 0 Å². The molecule has 0 aromatic heterocycles. The highest BCUT2D eigenvalue weighted by molar-refractivity contribution is 14.0. The van der Waals surface area contributed by atoms with Gasteiger partial charge < -0.3 is 20.4 Å². The maximum absolute atomic E-state index is 12.5. The Morgan fingerprint density at radius 2 is 1.66 bits per heavy atom. The van der Waals surface area contributed by atoms with Crippen LogP contribution in [-0.4, -0.2) is 56.5 Å². The fourth-order valence-electron chi connectivity index (χ4n) is 3.17. The molecule has 156 valence electrons. The van der Waals surface area contributed by atoms with E-state index in [1.807, 2.05) is 47.4 Å². The molecule has 0 aliphatic carbocycles. The van der Waals surface area contributed by atoms with E-state index >= 15 is 0 Å². The van der Waals surface area contributed by atoms with Crippen molar-refractivity contribution in [3.63, 3.8) is 0 Å². The largest absolute Gasteiger partial charge is 0.368 e. The zero-order valence-corrected chi connectivity index (χ0v) is 19.6. The lowest BCUT2D eigenvalue weighted by Crippen LogP contribution is -2.52. The van der Waals surface area contributed by atoms with Crippen LogP contribution in [0.4, 0.5) is 5.69 Å². The van der Waals surface area contributed by atoms with E-state index in [1.54, 1.807) is 7.05 Å². The summed E-state index contributed by atoms with van der Waals surface area (Å²) in [7, 11) is 1.69. The Labute approximate surface area is 194 Å². The minimum absolute atomic E-state index is 0. The van der Waals surface area contributed by atoms with Crippen LogP contribution in [0.5, 0.6) is 0 Å². The smallest absolute Gasteiger partial charge is 0.242 e. The van der Waals surface area contributed by atoms with Crippen molar-refractivity contribution in [1.82, 2.24) is 15.5 Å². The van der Waals surface area contributed by atoms with Crippen LogP contribution in [0.15, 0.2) is 59.6 Å². The zero-order chi connectivity index (χ0) is 19.8. The Morgan fingerprint density at radius 3 is 2.31 bits per heavy atom. The molecular formula is C21H27ClIN5O. The normalized spacial score (nSPS) is 14.2. The van der Waals surface area contributed by atoms with Crippen molar-refractivity contribution in [2.45, 2.75) is 6.54 Å². The van der Waals surface area contributed by atoms with E-state index < -0.39 is 0 Å². The third-order valence-corrected chi connectivity index (χ3v) is 5.16. The second-order valence-corrected chi connectivity index (χ2v) is 6.98. The van der Waals surface area contributed by atoms with E-state index in [2.05, 4.69) is 32.7 Å². The SMILES string of the molecule is CN=C(NCC(=O)N1CCN(c2ccccc2)CC1)NCc1ccccc1Cl.I. The van der Waals surface area contributed by atoms with Crippen molar-refractivity contribution in [1.29, 1.82) is 0 Å². The van der Waals surface area contributed by atoms with Gasteiger partial charge >= 0.3 is 0 Å². The Morgan fingerprint density at radius 1 is 1.00 bits per heavy atom. The lowest BCUT2D eigenvalue weighted by molar-refractivity contribution is -0.130. The molecule has 0 spiro atoms. The summed E-state index contributed by atoms with van der Waals surface area (Å²) in [4.78, 5) is 20.9. The summed E-state index contributed by atoms with van der Waals surface area (Å²) in [6.07, 6.45) is 0. The number of hydrogen-bond donors (Lipinski definition) is 2. The number of nitrogens with zero attached hydrogens (tertiary/aromatic N) is 3. The third-order valence-electron chi connectivity index (χ3n) is 4.79. The van der Waals surface area contributed by atoms with Gasteiger partial charge in [0.25, 0.3) is 0 Å². The molecule has 29 heavy (non-hydrogen) atoms. The Balaban J connectivity index is 0.00000300. The monoisotopic (exact) mass is 527 g/mol. The van der Waals surface area contributed by atoms with E-state index in [4.69, 9.17) is 11.6 Å². The van der Waals surface area contributed by atoms with Gasteiger partial charge in [-0.1, -0.05) is 48.0 Å². The first-order valence-corrected chi connectivity index (χ1v) is 9.81. The Bertz CT molecular complexity index is 810. The van der Waals surface area contributed by atoms with Gasteiger partial charge in [0.15, 0.2) is 5.96 Å². The van der Waals surface area contributed by atoms with Gasteiger partial charge in [-0.05, 0) is 23.8 Å². The molecule has 2 aromatic rings. The van der Waals surface area contributed by atoms with Gasteiger partial charge in [-0.2, -0.15) is 0 Å². The summed E-state index contributed by atoms with van der Waals surface area (Å²) in [6, 6.07) is 18.0. The predicted molar refractivity (Wildman–Crippen MR) is 130 cm³/mol. The highest BCUT2D eigenvalue weighted by atomic mass is 127. The van der Waals surface area contributed by atoms with Crippen LogP contribution in [-0.2, 0) is 11.3 Å². The quantitative estimate of drug-likeness (QED) is 0.357. The van der Waals surface area contributed by atoms with Gasteiger partial charge in [-0.25, -0.2) is 0 Å². The molecule has 0 bridgehead atoms. The topological polar surface area (TPSA) is 60.0 Å². The van der Waals surface area contributed by atoms with Crippen LogP contribution in [0.3, 0.4) is 0 Å². The first kappa shape index (κ1) is 23.3. The predicted octanol–water partition coefficient (Wildman–Crippen LogP) is 2.97. The van der Waals surface area contributed by atoms with Gasteiger partial charge in [0.05, 0.1) is 6.54 Å². The van der Waals surface area contributed by atoms with E-state index in [9.17, 15) is 4.79 Å². The number of aliphatic imine (C=N–C) groups is 1. The van der Waals surface area contributed by atoms with Crippen LogP contribution in [0.2, 0.25) is 5.02 Å². The molecule has 0 unspecified atom stereocenters. The third kappa shape index (κ3) is 6.78. The number of carbonyl (C=O) groups excluding carboxylic acids is 1. The molecule has 1 saturated heterocycles. The first-order chi connectivity index (χ1) is 13.7. The standard InChI is InChI=1S/C21H26ClN5O.HI/c1-23-21(24-15-17-7-5-6-10-19(17)22)25-16-20(28)27-13-11-26(12-14-27)18-8-3-2-4-9-18;/h2-10H,11-16H2,1H3,(H2,23,24,25);1H. The Kier molecular flexibility index (Phi) is 9.53. The van der Waals surface area contributed by atoms with Crippen molar-refractivity contribution in [2.24, 2.45) is 4.99 Å². The number of amides is 1. The number of hydrogen-bond acceptors (Lipinski definition) is 3. The van der Waals surface area contributed by atoms with Gasteiger partial charge in [-0.3, -0.25) is 9.79 Å². The van der Waals surface area contributed by atoms with Crippen molar-refractivity contribution >= 4 is 53.1 Å². The van der Waals surface area contributed by atoms with Crippen LogP contribution in [0.25, 0.3) is 0 Å². The fraction of sp³-hybridized carbons (Fsp3) is 0.333. The number of piperazine rings is 1. The van der Waals surface area contributed by atoms with Crippen molar-refractivity contribution < 1.29 is 4.79 Å². The molecule has 0 saturated carbocycles. The van der Waals surface area contributed by atoms with E-state index in [0.29, 0.717) is 17.5 Å². The number of para-hydroxylation sites is 1. The molecule has 1 aliphatic rings. The highest BCUT2D eigenvalue weighted by Gasteiger charge is 2.21. The molecule has 2 N–H and O–H groups in total. The molecule has 3 rings (SSSR count).